The molecule has 2 heteroatoms. The zero-order chi connectivity index (χ0) is 7.40. The van der Waals surface area contributed by atoms with Crippen LogP contribution >= 0.6 is 0 Å². The molecule has 0 amide bonds. The third kappa shape index (κ3) is 2.31. The van der Waals surface area contributed by atoms with Gasteiger partial charge in [0.2, 0.25) is 0 Å². The van der Waals surface area contributed by atoms with Crippen molar-refractivity contribution in [2.24, 2.45) is 0 Å². The minimum atomic E-state index is 0.271. The molecule has 56 valence electrons. The molecule has 0 unspecified atom stereocenters. The number of carbonyl (C=O) groups is 1. The van der Waals surface area contributed by atoms with Gasteiger partial charge in [-0.25, -0.2) is 0 Å². The molecule has 1 rings (SSSR count). The van der Waals surface area contributed by atoms with Gasteiger partial charge in [-0.15, -0.1) is 0 Å². The maximum atomic E-state index is 10.7. The molecule has 1 N–H and O–H groups in total. The number of rotatable bonds is 2. The minimum absolute atomic E-state index is 0.271. The second kappa shape index (κ2) is 3.52. The van der Waals surface area contributed by atoms with Crippen molar-refractivity contribution in [3.63, 3.8) is 0 Å². The summed E-state index contributed by atoms with van der Waals surface area (Å²) < 4.78 is 0. The third-order valence-electron chi connectivity index (χ3n) is 1.63. The highest BCUT2D eigenvalue weighted by Gasteiger charge is 2.03. The van der Waals surface area contributed by atoms with Gasteiger partial charge in [0.15, 0.2) is 0 Å². The molecule has 0 fully saturated rings. The Morgan fingerprint density at radius 2 is 2.60 bits per heavy atom. The summed E-state index contributed by atoms with van der Waals surface area (Å²) in [5, 5.41) is 3.20. The average Bonchev–Trinajstić information content (AvgIpc) is 1.88. The average molecular weight is 139 g/mol. The number of hydrogen-bond acceptors (Lipinski definition) is 2. The standard InChI is InChI=1S/C8H13NO/c1-7(10)6-8-2-4-9-5-3-8/h2,9H,3-6H2,1H3. The van der Waals surface area contributed by atoms with Crippen LogP contribution in [0, 0.1) is 0 Å². The van der Waals surface area contributed by atoms with Gasteiger partial charge in [-0.3, -0.25) is 4.79 Å². The molecule has 0 aliphatic carbocycles. The molecule has 0 aromatic carbocycles. The topological polar surface area (TPSA) is 29.1 Å². The first kappa shape index (κ1) is 7.48. The van der Waals surface area contributed by atoms with Crippen LogP contribution in [-0.2, 0) is 4.79 Å². The van der Waals surface area contributed by atoms with E-state index in [1.54, 1.807) is 6.92 Å². The van der Waals surface area contributed by atoms with Crippen LogP contribution in [0.25, 0.3) is 0 Å². The van der Waals surface area contributed by atoms with Crippen molar-refractivity contribution in [2.45, 2.75) is 19.8 Å². The smallest absolute Gasteiger partial charge is 0.133 e. The van der Waals surface area contributed by atoms with Gasteiger partial charge in [0.1, 0.15) is 5.78 Å². The SMILES string of the molecule is CC(=O)CC1=CCNCC1. The Morgan fingerprint density at radius 1 is 1.80 bits per heavy atom. The fourth-order valence-corrected chi connectivity index (χ4v) is 1.15. The van der Waals surface area contributed by atoms with E-state index in [0.717, 1.165) is 19.5 Å². The molecule has 0 bridgehead atoms. The molecule has 0 aromatic rings. The molecule has 0 radical (unpaired) electrons. The number of nitrogens with one attached hydrogen (secondary N) is 1. The summed E-state index contributed by atoms with van der Waals surface area (Å²) in [5.74, 6) is 0.271. The zero-order valence-electron chi connectivity index (χ0n) is 6.31. The van der Waals surface area contributed by atoms with E-state index in [2.05, 4.69) is 11.4 Å². The van der Waals surface area contributed by atoms with Gasteiger partial charge in [-0.2, -0.15) is 0 Å². The number of hydrogen-bond donors (Lipinski definition) is 1. The van der Waals surface area contributed by atoms with Crippen LogP contribution in [0.3, 0.4) is 0 Å². The lowest BCUT2D eigenvalue weighted by Gasteiger charge is -2.11. The van der Waals surface area contributed by atoms with Crippen LogP contribution in [0.2, 0.25) is 0 Å². The third-order valence-corrected chi connectivity index (χ3v) is 1.63. The first-order valence-electron chi connectivity index (χ1n) is 3.67. The lowest BCUT2D eigenvalue weighted by molar-refractivity contribution is -0.116. The van der Waals surface area contributed by atoms with E-state index < -0.39 is 0 Å². The molecule has 0 saturated carbocycles. The number of carbonyl (C=O) groups excluding carboxylic acids is 1. The molecule has 1 heterocycles. The monoisotopic (exact) mass is 139 g/mol. The maximum absolute atomic E-state index is 10.7. The van der Waals surface area contributed by atoms with Crippen molar-refractivity contribution in [3.8, 4) is 0 Å². The predicted octanol–water partition coefficient (Wildman–Crippen LogP) is 0.885. The molecule has 2 nitrogen and oxygen atoms in total. The summed E-state index contributed by atoms with van der Waals surface area (Å²) in [6.07, 6.45) is 3.81. The summed E-state index contributed by atoms with van der Waals surface area (Å²) in [6, 6.07) is 0. The van der Waals surface area contributed by atoms with Gasteiger partial charge in [0.05, 0.1) is 0 Å². The van der Waals surface area contributed by atoms with Gasteiger partial charge in [0, 0.05) is 13.0 Å². The summed E-state index contributed by atoms with van der Waals surface area (Å²) in [4.78, 5) is 10.7. The summed E-state index contributed by atoms with van der Waals surface area (Å²) in [5.41, 5.74) is 1.30. The second-order valence-electron chi connectivity index (χ2n) is 2.70. The Kier molecular flexibility index (Phi) is 2.63. The molecular formula is C8H13NO. The minimum Gasteiger partial charge on any atom is -0.313 e. The number of Topliss-reactive ketones (excluding diaryl/α,β-unsaturated/α-hetero) is 1. The lowest BCUT2D eigenvalue weighted by Crippen LogP contribution is -2.21. The summed E-state index contributed by atoms with van der Waals surface area (Å²) in [6.45, 7) is 3.60. The molecule has 10 heavy (non-hydrogen) atoms. The summed E-state index contributed by atoms with van der Waals surface area (Å²) >= 11 is 0. The molecule has 0 saturated heterocycles. The first-order valence-corrected chi connectivity index (χ1v) is 3.67. The summed E-state index contributed by atoms with van der Waals surface area (Å²) in [7, 11) is 0. The lowest BCUT2D eigenvalue weighted by atomic mass is 10.0. The van der Waals surface area contributed by atoms with Crippen LogP contribution in [0.5, 0.6) is 0 Å². The van der Waals surface area contributed by atoms with Gasteiger partial charge in [0.25, 0.3) is 0 Å². The Morgan fingerprint density at radius 3 is 3.10 bits per heavy atom. The van der Waals surface area contributed by atoms with Crippen LogP contribution in [0.15, 0.2) is 11.6 Å². The Labute approximate surface area is 61.3 Å². The van der Waals surface area contributed by atoms with E-state index in [4.69, 9.17) is 0 Å². The zero-order valence-corrected chi connectivity index (χ0v) is 6.31. The van der Waals surface area contributed by atoms with Crippen LogP contribution in [0.1, 0.15) is 19.8 Å². The second-order valence-corrected chi connectivity index (χ2v) is 2.70. The molecule has 1 aliphatic heterocycles. The fraction of sp³-hybridized carbons (Fsp3) is 0.625. The van der Waals surface area contributed by atoms with Gasteiger partial charge >= 0.3 is 0 Å². The molecule has 0 spiro atoms. The van der Waals surface area contributed by atoms with Gasteiger partial charge in [-0.05, 0) is 19.9 Å². The largest absolute Gasteiger partial charge is 0.313 e. The predicted molar refractivity (Wildman–Crippen MR) is 40.9 cm³/mol. The fourth-order valence-electron chi connectivity index (χ4n) is 1.15. The van der Waals surface area contributed by atoms with Crippen molar-refractivity contribution < 1.29 is 4.79 Å². The van der Waals surface area contributed by atoms with E-state index in [-0.39, 0.29) is 5.78 Å². The van der Waals surface area contributed by atoms with E-state index in [9.17, 15) is 4.79 Å². The van der Waals surface area contributed by atoms with Crippen molar-refractivity contribution in [2.75, 3.05) is 13.1 Å². The molecular weight excluding hydrogens is 126 g/mol. The van der Waals surface area contributed by atoms with E-state index in [1.807, 2.05) is 0 Å². The first-order chi connectivity index (χ1) is 4.79. The van der Waals surface area contributed by atoms with Gasteiger partial charge in [-0.1, -0.05) is 11.6 Å². The van der Waals surface area contributed by atoms with Crippen molar-refractivity contribution in [1.82, 2.24) is 5.32 Å². The quantitative estimate of drug-likeness (QED) is 0.575. The van der Waals surface area contributed by atoms with E-state index >= 15 is 0 Å². The van der Waals surface area contributed by atoms with Crippen molar-refractivity contribution >= 4 is 5.78 Å². The Bertz CT molecular complexity index is 161. The van der Waals surface area contributed by atoms with Crippen molar-refractivity contribution in [1.29, 1.82) is 0 Å². The van der Waals surface area contributed by atoms with Gasteiger partial charge < -0.3 is 5.32 Å². The molecule has 1 aliphatic rings. The normalized spacial score (nSPS) is 18.3. The maximum Gasteiger partial charge on any atom is 0.133 e. The molecule has 0 aromatic heterocycles. The Balaban J connectivity index is 2.38. The highest BCUT2D eigenvalue weighted by molar-refractivity contribution is 5.78. The van der Waals surface area contributed by atoms with Crippen LogP contribution < -0.4 is 5.32 Å². The van der Waals surface area contributed by atoms with Crippen LogP contribution in [-0.4, -0.2) is 18.9 Å². The van der Waals surface area contributed by atoms with Crippen LogP contribution in [0.4, 0.5) is 0 Å². The van der Waals surface area contributed by atoms with E-state index in [0.29, 0.717) is 6.42 Å². The highest BCUT2D eigenvalue weighted by Crippen LogP contribution is 2.08. The molecule has 0 atom stereocenters. The van der Waals surface area contributed by atoms with Crippen molar-refractivity contribution in [3.05, 3.63) is 11.6 Å². The van der Waals surface area contributed by atoms with E-state index in [1.165, 1.54) is 5.57 Å². The number of ketones is 1. The highest BCUT2D eigenvalue weighted by atomic mass is 16.1. The Hall–Kier alpha value is -0.630.